The van der Waals surface area contributed by atoms with Crippen LogP contribution in [-0.2, 0) is 11.2 Å². The van der Waals surface area contributed by atoms with Crippen molar-refractivity contribution in [1.82, 2.24) is 4.57 Å². The Morgan fingerprint density at radius 2 is 2.12 bits per heavy atom. The maximum atomic E-state index is 14.8. The quantitative estimate of drug-likeness (QED) is 0.737. The van der Waals surface area contributed by atoms with Gasteiger partial charge in [-0.2, -0.15) is 0 Å². The molecule has 3 rings (SSSR count). The van der Waals surface area contributed by atoms with E-state index >= 15 is 0 Å². The number of aromatic nitrogens is 1. The fourth-order valence-corrected chi connectivity index (χ4v) is 3.71. The molecular formula is C17H13ClFNO4S. The Morgan fingerprint density at radius 3 is 2.68 bits per heavy atom. The summed E-state index contributed by atoms with van der Waals surface area (Å²) in [6.45, 7) is 1.59. The van der Waals surface area contributed by atoms with Crippen LogP contribution in [0.3, 0.4) is 0 Å². The van der Waals surface area contributed by atoms with Crippen LogP contribution >= 0.6 is 22.9 Å². The van der Waals surface area contributed by atoms with Crippen molar-refractivity contribution in [2.45, 2.75) is 13.3 Å². The summed E-state index contributed by atoms with van der Waals surface area (Å²) in [7, 11) is 1.32. The van der Waals surface area contributed by atoms with E-state index in [9.17, 15) is 19.1 Å². The predicted octanol–water partition coefficient (Wildman–Crippen LogP) is 4.13. The Bertz CT molecular complexity index is 1010. The molecule has 1 N–H and O–H groups in total. The van der Waals surface area contributed by atoms with Gasteiger partial charge in [0.15, 0.2) is 11.6 Å². The minimum atomic E-state index is -1.12. The van der Waals surface area contributed by atoms with Crippen LogP contribution in [0.4, 0.5) is 4.39 Å². The molecule has 0 atom stereocenters. The average molecular weight is 382 g/mol. The number of thiophene rings is 1. The van der Waals surface area contributed by atoms with E-state index in [2.05, 4.69) is 0 Å². The maximum Gasteiger partial charge on any atom is 0.307 e. The lowest BCUT2D eigenvalue weighted by molar-refractivity contribution is -0.136. The van der Waals surface area contributed by atoms with Gasteiger partial charge in [-0.3, -0.25) is 14.2 Å². The zero-order valence-electron chi connectivity index (χ0n) is 13.3. The van der Waals surface area contributed by atoms with E-state index in [4.69, 9.17) is 16.3 Å². The smallest absolute Gasteiger partial charge is 0.307 e. The lowest BCUT2D eigenvalue weighted by atomic mass is 10.1. The molecule has 2 heterocycles. The van der Waals surface area contributed by atoms with Crippen LogP contribution in [0.15, 0.2) is 23.6 Å². The summed E-state index contributed by atoms with van der Waals surface area (Å²) in [5, 5.41) is 10.9. The number of carboxylic acids is 1. The lowest BCUT2D eigenvalue weighted by Gasteiger charge is -2.06. The number of hydrogen-bond donors (Lipinski definition) is 1. The van der Waals surface area contributed by atoms with Gasteiger partial charge in [0.25, 0.3) is 5.91 Å². The van der Waals surface area contributed by atoms with Crippen molar-refractivity contribution in [3.05, 3.63) is 50.6 Å². The first-order chi connectivity index (χ1) is 11.8. The first-order valence-electron chi connectivity index (χ1n) is 7.22. The van der Waals surface area contributed by atoms with Gasteiger partial charge in [-0.15, -0.1) is 11.3 Å². The highest BCUT2D eigenvalue weighted by Crippen LogP contribution is 2.34. The van der Waals surface area contributed by atoms with Gasteiger partial charge in [0.2, 0.25) is 0 Å². The summed E-state index contributed by atoms with van der Waals surface area (Å²) in [4.78, 5) is 24.1. The van der Waals surface area contributed by atoms with E-state index in [0.29, 0.717) is 21.1 Å². The van der Waals surface area contributed by atoms with Crippen LogP contribution < -0.4 is 4.74 Å². The molecule has 0 aliphatic rings. The van der Waals surface area contributed by atoms with Crippen LogP contribution in [-0.4, -0.2) is 28.7 Å². The minimum absolute atomic E-state index is 0.0117. The number of fused-ring (bicyclic) bond motifs is 1. The standard InChI is InChI=1S/C17H13ClFNO4S/c1-8-10(6-14(21)22)15-11(3-4-12(24-2)16(15)19)20(8)17(23)9-5-13(18)25-7-9/h3-5,7H,6H2,1-2H3,(H,21,22). The van der Waals surface area contributed by atoms with E-state index in [0.717, 1.165) is 0 Å². The van der Waals surface area contributed by atoms with Crippen molar-refractivity contribution in [2.75, 3.05) is 7.11 Å². The highest BCUT2D eigenvalue weighted by atomic mass is 35.5. The number of carboxylic acid groups (broad SMARTS) is 1. The molecule has 1 aromatic carbocycles. The largest absolute Gasteiger partial charge is 0.494 e. The Morgan fingerprint density at radius 1 is 1.40 bits per heavy atom. The Labute approximate surface area is 151 Å². The van der Waals surface area contributed by atoms with Gasteiger partial charge in [0, 0.05) is 16.5 Å². The molecule has 0 saturated heterocycles. The summed E-state index contributed by atoms with van der Waals surface area (Å²) >= 11 is 7.10. The second kappa shape index (κ2) is 6.50. The molecule has 130 valence electrons. The molecule has 0 unspecified atom stereocenters. The lowest BCUT2D eigenvalue weighted by Crippen LogP contribution is -2.13. The fraction of sp³-hybridized carbons (Fsp3) is 0.176. The molecule has 0 aliphatic carbocycles. The molecule has 0 amide bonds. The monoisotopic (exact) mass is 381 g/mol. The van der Waals surface area contributed by atoms with Crippen LogP contribution in [0.1, 0.15) is 21.6 Å². The molecule has 0 fully saturated rings. The molecule has 5 nitrogen and oxygen atoms in total. The molecule has 0 spiro atoms. The topological polar surface area (TPSA) is 68.5 Å². The summed E-state index contributed by atoms with van der Waals surface area (Å²) < 4.78 is 21.5. The van der Waals surface area contributed by atoms with Gasteiger partial charge in [0.05, 0.1) is 28.9 Å². The van der Waals surface area contributed by atoms with Gasteiger partial charge in [-0.25, -0.2) is 4.39 Å². The maximum absolute atomic E-state index is 14.8. The molecule has 25 heavy (non-hydrogen) atoms. The summed E-state index contributed by atoms with van der Waals surface area (Å²) in [6, 6.07) is 4.48. The van der Waals surface area contributed by atoms with E-state index in [-0.39, 0.29) is 16.7 Å². The van der Waals surface area contributed by atoms with Crippen molar-refractivity contribution in [1.29, 1.82) is 0 Å². The normalized spacial score (nSPS) is 11.0. The number of benzene rings is 1. The Kier molecular flexibility index (Phi) is 4.53. The van der Waals surface area contributed by atoms with Gasteiger partial charge in [0.1, 0.15) is 0 Å². The van der Waals surface area contributed by atoms with Crippen molar-refractivity contribution in [2.24, 2.45) is 0 Å². The number of nitrogens with zero attached hydrogens (tertiary/aromatic N) is 1. The zero-order chi connectivity index (χ0) is 18.3. The molecule has 0 bridgehead atoms. The highest BCUT2D eigenvalue weighted by molar-refractivity contribution is 7.14. The van der Waals surface area contributed by atoms with Crippen molar-refractivity contribution >= 4 is 45.7 Å². The molecule has 8 heteroatoms. The Balaban J connectivity index is 2.32. The van der Waals surface area contributed by atoms with E-state index in [1.54, 1.807) is 18.4 Å². The third-order valence-corrected chi connectivity index (χ3v) is 5.06. The van der Waals surface area contributed by atoms with Crippen LogP contribution in [0, 0.1) is 12.7 Å². The SMILES string of the molecule is COc1ccc2c(c1F)c(CC(=O)O)c(C)n2C(=O)c1csc(Cl)c1. The fourth-order valence-electron chi connectivity index (χ4n) is 2.85. The van der Waals surface area contributed by atoms with E-state index in [1.807, 2.05) is 0 Å². The molecular weight excluding hydrogens is 369 g/mol. The van der Waals surface area contributed by atoms with Gasteiger partial charge in [-0.05, 0) is 30.7 Å². The number of rotatable bonds is 4. The average Bonchev–Trinajstić information content (AvgIpc) is 3.10. The van der Waals surface area contributed by atoms with Gasteiger partial charge < -0.3 is 9.84 Å². The molecule has 0 aliphatic heterocycles. The van der Waals surface area contributed by atoms with Crippen molar-refractivity contribution in [3.63, 3.8) is 0 Å². The summed E-state index contributed by atoms with van der Waals surface area (Å²) in [5.74, 6) is -2.21. The van der Waals surface area contributed by atoms with Gasteiger partial charge >= 0.3 is 5.97 Å². The number of ether oxygens (including phenoxy) is 1. The second-order valence-electron chi connectivity index (χ2n) is 5.39. The zero-order valence-corrected chi connectivity index (χ0v) is 14.9. The molecule has 0 radical (unpaired) electrons. The number of carbonyl (C=O) groups excluding carboxylic acids is 1. The molecule has 2 aromatic heterocycles. The first-order valence-corrected chi connectivity index (χ1v) is 8.47. The summed E-state index contributed by atoms with van der Waals surface area (Å²) in [6.07, 6.45) is -0.406. The Hall–Kier alpha value is -2.38. The number of hydrogen-bond acceptors (Lipinski definition) is 4. The third-order valence-electron chi connectivity index (χ3n) is 3.96. The third kappa shape index (κ3) is 2.89. The number of aliphatic carboxylic acids is 1. The number of carbonyl (C=O) groups is 2. The molecule has 0 saturated carbocycles. The first kappa shape index (κ1) is 17.4. The number of halogens is 2. The van der Waals surface area contributed by atoms with Crippen molar-refractivity contribution < 1.29 is 23.8 Å². The minimum Gasteiger partial charge on any atom is -0.494 e. The van der Waals surface area contributed by atoms with E-state index in [1.165, 1.54) is 35.1 Å². The van der Waals surface area contributed by atoms with Crippen LogP contribution in [0.25, 0.3) is 10.9 Å². The predicted molar refractivity (Wildman–Crippen MR) is 93.6 cm³/mol. The highest BCUT2D eigenvalue weighted by Gasteiger charge is 2.25. The van der Waals surface area contributed by atoms with Crippen LogP contribution in [0.5, 0.6) is 5.75 Å². The summed E-state index contributed by atoms with van der Waals surface area (Å²) in [5.41, 5.74) is 1.26. The van der Waals surface area contributed by atoms with Crippen molar-refractivity contribution in [3.8, 4) is 5.75 Å². The second-order valence-corrected chi connectivity index (χ2v) is 6.93. The van der Waals surface area contributed by atoms with E-state index < -0.39 is 24.1 Å². The van der Waals surface area contributed by atoms with Gasteiger partial charge in [-0.1, -0.05) is 11.6 Å². The van der Waals surface area contributed by atoms with Crippen LogP contribution in [0.2, 0.25) is 4.34 Å². The molecule has 3 aromatic rings. The number of methoxy groups -OCH3 is 1.